The van der Waals surface area contributed by atoms with Crippen molar-refractivity contribution < 1.29 is 14.3 Å². The lowest BCUT2D eigenvalue weighted by Gasteiger charge is -2.44. The van der Waals surface area contributed by atoms with Gasteiger partial charge in [-0.3, -0.25) is 9.59 Å². The molecule has 4 heterocycles. The number of allylic oxidation sites excluding steroid dienone is 1. The fourth-order valence-electron chi connectivity index (χ4n) is 6.95. The Morgan fingerprint density at radius 1 is 1.14 bits per heavy atom. The summed E-state index contributed by atoms with van der Waals surface area (Å²) in [7, 11) is 3.93. The van der Waals surface area contributed by atoms with Crippen LogP contribution in [0.1, 0.15) is 74.7 Å². The lowest BCUT2D eigenvalue weighted by molar-refractivity contribution is -0.119. The molecular formula is C32H43N7O3. The number of piperidine rings is 1. The van der Waals surface area contributed by atoms with Gasteiger partial charge in [-0.15, -0.1) is 0 Å². The molecule has 10 nitrogen and oxygen atoms in total. The summed E-state index contributed by atoms with van der Waals surface area (Å²) < 4.78 is 6.04. The molecule has 0 radical (unpaired) electrons. The quantitative estimate of drug-likeness (QED) is 0.469. The third kappa shape index (κ3) is 5.32. The van der Waals surface area contributed by atoms with Crippen molar-refractivity contribution in [3.05, 3.63) is 41.1 Å². The number of nitrogens with one attached hydrogen (secondary N) is 2. The number of hydrogen-bond donors (Lipinski definition) is 2. The highest BCUT2D eigenvalue weighted by Crippen LogP contribution is 2.42. The Bertz CT molecular complexity index is 1380. The first-order valence-corrected chi connectivity index (χ1v) is 15.5. The van der Waals surface area contributed by atoms with Crippen LogP contribution in [-0.4, -0.2) is 78.6 Å². The van der Waals surface area contributed by atoms with E-state index in [2.05, 4.69) is 52.4 Å². The van der Waals surface area contributed by atoms with Crippen LogP contribution in [0.3, 0.4) is 0 Å². The molecule has 1 saturated heterocycles. The minimum Gasteiger partial charge on any atom is -0.491 e. The van der Waals surface area contributed by atoms with Crippen LogP contribution in [-0.2, 0) is 11.2 Å². The monoisotopic (exact) mass is 573 g/mol. The summed E-state index contributed by atoms with van der Waals surface area (Å²) in [5.74, 6) is 1.93. The first kappa shape index (κ1) is 28.5. The van der Waals surface area contributed by atoms with Crippen LogP contribution < -0.4 is 25.2 Å². The normalized spacial score (nSPS) is 21.8. The molecule has 0 bridgehead atoms. The molecule has 224 valence electrons. The number of carbonyl (C=O) groups excluding carboxylic acids is 2. The van der Waals surface area contributed by atoms with Gasteiger partial charge < -0.3 is 30.1 Å². The molecular weight excluding hydrogens is 530 g/mol. The number of benzene rings is 1. The van der Waals surface area contributed by atoms with E-state index < -0.39 is 0 Å². The molecule has 1 aromatic carbocycles. The average molecular weight is 574 g/mol. The van der Waals surface area contributed by atoms with E-state index in [-0.39, 0.29) is 29.9 Å². The summed E-state index contributed by atoms with van der Waals surface area (Å²) in [5, 5.41) is 6.63. The summed E-state index contributed by atoms with van der Waals surface area (Å²) >= 11 is 0. The van der Waals surface area contributed by atoms with Gasteiger partial charge in [0.25, 0.3) is 11.8 Å². The Labute approximate surface area is 248 Å². The van der Waals surface area contributed by atoms with Gasteiger partial charge in [-0.25, -0.2) is 4.98 Å². The Morgan fingerprint density at radius 2 is 1.90 bits per heavy atom. The molecule has 2 N–H and O–H groups in total. The van der Waals surface area contributed by atoms with Crippen LogP contribution in [0.25, 0.3) is 0 Å². The molecule has 1 saturated carbocycles. The van der Waals surface area contributed by atoms with Gasteiger partial charge >= 0.3 is 0 Å². The van der Waals surface area contributed by atoms with Gasteiger partial charge in [-0.05, 0) is 76.9 Å². The second kappa shape index (κ2) is 11.9. The Morgan fingerprint density at radius 3 is 2.64 bits per heavy atom. The van der Waals surface area contributed by atoms with Gasteiger partial charge in [-0.1, -0.05) is 25.8 Å². The highest BCUT2D eigenvalue weighted by atomic mass is 16.5. The predicted molar refractivity (Wildman–Crippen MR) is 165 cm³/mol. The Hall–Kier alpha value is -3.66. The second-order valence-corrected chi connectivity index (χ2v) is 12.1. The third-order valence-corrected chi connectivity index (χ3v) is 9.28. The number of rotatable bonds is 7. The average Bonchev–Trinajstić information content (AvgIpc) is 3.69. The van der Waals surface area contributed by atoms with Crippen molar-refractivity contribution in [2.45, 2.75) is 83.3 Å². The van der Waals surface area contributed by atoms with Crippen LogP contribution in [0, 0.1) is 0 Å². The van der Waals surface area contributed by atoms with Crippen molar-refractivity contribution >= 4 is 35.0 Å². The maximum Gasteiger partial charge on any atom is 0.253 e. The minimum atomic E-state index is -0.372. The summed E-state index contributed by atoms with van der Waals surface area (Å²) in [4.78, 5) is 42.8. The molecule has 1 atom stereocenters. The van der Waals surface area contributed by atoms with Crippen molar-refractivity contribution in [1.82, 2.24) is 20.2 Å². The SMILES string of the molecule is CC/C=C(/C)C1C(=O)N(C)c2cnc(Nc3ccc(C(=O)NC4CCN(C)CC4)c4c3OCC4)nc2N1C1CCCC1. The number of carbonyl (C=O) groups is 2. The molecule has 42 heavy (non-hydrogen) atoms. The fourth-order valence-corrected chi connectivity index (χ4v) is 6.95. The summed E-state index contributed by atoms with van der Waals surface area (Å²) in [6, 6.07) is 3.84. The maximum atomic E-state index is 13.6. The van der Waals surface area contributed by atoms with Gasteiger partial charge in [-0.2, -0.15) is 4.98 Å². The number of ether oxygens (including phenoxy) is 1. The first-order chi connectivity index (χ1) is 20.4. The molecule has 1 aromatic heterocycles. The molecule has 1 aliphatic carbocycles. The lowest BCUT2D eigenvalue weighted by Crippen LogP contribution is -2.56. The van der Waals surface area contributed by atoms with Gasteiger partial charge in [0.1, 0.15) is 17.5 Å². The number of amides is 2. The van der Waals surface area contributed by atoms with Crippen LogP contribution in [0.4, 0.5) is 23.1 Å². The van der Waals surface area contributed by atoms with Crippen LogP contribution in [0.15, 0.2) is 30.0 Å². The summed E-state index contributed by atoms with van der Waals surface area (Å²) in [5.41, 5.74) is 4.11. The van der Waals surface area contributed by atoms with Crippen molar-refractivity contribution in [2.24, 2.45) is 0 Å². The smallest absolute Gasteiger partial charge is 0.253 e. The lowest BCUT2D eigenvalue weighted by atomic mass is 9.98. The van der Waals surface area contributed by atoms with E-state index in [0.717, 1.165) is 86.4 Å². The highest BCUT2D eigenvalue weighted by molar-refractivity contribution is 6.06. The van der Waals surface area contributed by atoms with Crippen LogP contribution in [0.2, 0.25) is 0 Å². The van der Waals surface area contributed by atoms with E-state index in [1.165, 1.54) is 0 Å². The highest BCUT2D eigenvalue weighted by Gasteiger charge is 2.43. The van der Waals surface area contributed by atoms with Gasteiger partial charge in [0.2, 0.25) is 5.95 Å². The van der Waals surface area contributed by atoms with E-state index in [9.17, 15) is 9.59 Å². The number of aromatic nitrogens is 2. The topological polar surface area (TPSA) is 103 Å². The van der Waals surface area contributed by atoms with E-state index in [0.29, 0.717) is 30.3 Å². The van der Waals surface area contributed by atoms with Crippen LogP contribution in [0.5, 0.6) is 5.75 Å². The number of likely N-dealkylation sites (tertiary alicyclic amines) is 1. The molecule has 1 unspecified atom stereocenters. The zero-order valence-electron chi connectivity index (χ0n) is 25.3. The first-order valence-electron chi connectivity index (χ1n) is 15.5. The van der Waals surface area contributed by atoms with Crippen molar-refractivity contribution in [3.8, 4) is 5.75 Å². The largest absolute Gasteiger partial charge is 0.491 e. The number of likely N-dealkylation sites (N-methyl/N-ethyl adjacent to an activating group) is 1. The Kier molecular flexibility index (Phi) is 8.07. The van der Waals surface area contributed by atoms with Crippen LogP contribution >= 0.6 is 0 Å². The van der Waals surface area contributed by atoms with Gasteiger partial charge in [0.05, 0.1) is 18.5 Å². The number of nitrogens with zero attached hydrogens (tertiary/aromatic N) is 5. The molecule has 6 rings (SSSR count). The van der Waals surface area contributed by atoms with Gasteiger partial charge in [0.15, 0.2) is 5.82 Å². The number of anilines is 4. The second-order valence-electron chi connectivity index (χ2n) is 12.1. The fraction of sp³-hybridized carbons (Fsp3) is 0.562. The number of hydrogen-bond acceptors (Lipinski definition) is 8. The predicted octanol–water partition coefficient (Wildman–Crippen LogP) is 4.43. The molecule has 10 heteroatoms. The minimum absolute atomic E-state index is 0.0376. The number of fused-ring (bicyclic) bond motifs is 2. The standard InChI is InChI=1S/C32H43N7O3/c1-5-8-20(2)27-31(41)38(4)26-19-33-32(36-29(26)39(27)22-9-6-7-10-22)35-25-12-11-24(23-15-18-42-28(23)25)30(40)34-21-13-16-37(3)17-14-21/h8,11-12,19,21-22,27H,5-7,9-10,13-18H2,1-4H3,(H,34,40)(H,33,35,36)/b20-8-. The van der Waals surface area contributed by atoms with Crippen molar-refractivity contribution in [2.75, 3.05) is 48.9 Å². The maximum absolute atomic E-state index is 13.6. The van der Waals surface area contributed by atoms with E-state index in [1.807, 2.05) is 19.2 Å². The van der Waals surface area contributed by atoms with Crippen molar-refractivity contribution in [1.29, 1.82) is 0 Å². The van der Waals surface area contributed by atoms with Crippen molar-refractivity contribution in [3.63, 3.8) is 0 Å². The summed E-state index contributed by atoms with van der Waals surface area (Å²) in [6.07, 6.45) is 11.8. The molecule has 3 aliphatic heterocycles. The molecule has 2 aromatic rings. The van der Waals surface area contributed by atoms with E-state index in [4.69, 9.17) is 9.72 Å². The summed E-state index contributed by atoms with van der Waals surface area (Å²) in [6.45, 7) is 6.67. The van der Waals surface area contributed by atoms with E-state index in [1.54, 1.807) is 11.1 Å². The molecule has 0 spiro atoms. The van der Waals surface area contributed by atoms with Gasteiger partial charge in [0, 0.05) is 36.7 Å². The molecule has 2 amide bonds. The molecule has 2 fully saturated rings. The zero-order valence-corrected chi connectivity index (χ0v) is 25.3. The van der Waals surface area contributed by atoms with E-state index >= 15 is 0 Å². The third-order valence-electron chi connectivity index (χ3n) is 9.28. The Balaban J connectivity index is 1.29. The molecule has 4 aliphatic rings. The zero-order chi connectivity index (χ0) is 29.4.